The number of hydrogen-bond donors (Lipinski definition) is 4. The molecule has 0 aromatic heterocycles. The largest absolute Gasteiger partial charge is 0.508 e. The van der Waals surface area contributed by atoms with Crippen LogP contribution in [0.5, 0.6) is 11.5 Å². The lowest BCUT2D eigenvalue weighted by atomic mass is 9.88. The van der Waals surface area contributed by atoms with E-state index in [0.29, 0.717) is 23.2 Å². The molecule has 1 aliphatic heterocycles. The molecule has 7 heteroatoms. The van der Waals surface area contributed by atoms with Crippen LogP contribution in [0.25, 0.3) is 0 Å². The molecule has 0 unspecified atom stereocenters. The van der Waals surface area contributed by atoms with Crippen LogP contribution in [0.15, 0.2) is 41.5 Å². The molecule has 140 valence electrons. The van der Waals surface area contributed by atoms with Gasteiger partial charge in [-0.1, -0.05) is 30.3 Å². The van der Waals surface area contributed by atoms with Gasteiger partial charge in [0.05, 0.1) is 6.21 Å². The van der Waals surface area contributed by atoms with Gasteiger partial charge in [0.15, 0.2) is 0 Å². The molecule has 2 atom stereocenters. The zero-order valence-electron chi connectivity index (χ0n) is 15.1. The molecule has 0 bridgehead atoms. The number of nitrogens with zero attached hydrogens (tertiary/aromatic N) is 1. The number of phenols is 2. The monoisotopic (exact) mass is 367 g/mol. The van der Waals surface area contributed by atoms with Gasteiger partial charge < -0.3 is 15.5 Å². The van der Waals surface area contributed by atoms with Gasteiger partial charge in [-0.05, 0) is 31.0 Å². The van der Waals surface area contributed by atoms with E-state index in [1.807, 2.05) is 30.3 Å². The van der Waals surface area contributed by atoms with Crippen LogP contribution < -0.4 is 10.7 Å². The fraction of sp³-hybridized carbons (Fsp3) is 0.250. The lowest BCUT2D eigenvalue weighted by molar-refractivity contribution is -0.133. The van der Waals surface area contributed by atoms with Crippen molar-refractivity contribution in [3.05, 3.63) is 58.7 Å². The minimum Gasteiger partial charge on any atom is -0.508 e. The fourth-order valence-corrected chi connectivity index (χ4v) is 3.23. The Bertz CT molecular complexity index is 909. The molecule has 0 saturated carbocycles. The summed E-state index contributed by atoms with van der Waals surface area (Å²) in [4.78, 5) is 24.7. The van der Waals surface area contributed by atoms with Crippen molar-refractivity contribution >= 4 is 18.0 Å². The zero-order chi connectivity index (χ0) is 19.6. The average molecular weight is 367 g/mol. The summed E-state index contributed by atoms with van der Waals surface area (Å²) in [5.41, 5.74) is 4.62. The summed E-state index contributed by atoms with van der Waals surface area (Å²) in [6, 6.07) is 10.9. The quantitative estimate of drug-likeness (QED) is 0.374. The van der Waals surface area contributed by atoms with E-state index in [9.17, 15) is 19.8 Å². The van der Waals surface area contributed by atoms with Crippen molar-refractivity contribution in [3.8, 4) is 11.5 Å². The Balaban J connectivity index is 1.76. The van der Waals surface area contributed by atoms with E-state index in [0.717, 1.165) is 5.56 Å². The van der Waals surface area contributed by atoms with Crippen LogP contribution in [0.3, 0.4) is 0 Å². The van der Waals surface area contributed by atoms with Gasteiger partial charge in [-0.2, -0.15) is 5.10 Å². The first-order valence-electron chi connectivity index (χ1n) is 8.58. The van der Waals surface area contributed by atoms with Crippen LogP contribution in [0.1, 0.15) is 28.2 Å². The highest BCUT2D eigenvalue weighted by Gasteiger charge is 2.40. The Kier molecular flexibility index (Phi) is 5.12. The number of benzene rings is 2. The third-order valence-corrected chi connectivity index (χ3v) is 4.83. The SMILES string of the molecule is Cc1cc(O)c(C)c(O)c1/C=N/NC(=O)[C@@H]1C(=O)NC[C@@H]1c1ccccc1. The van der Waals surface area contributed by atoms with Crippen LogP contribution in [0, 0.1) is 19.8 Å². The maximum Gasteiger partial charge on any atom is 0.253 e. The molecule has 7 nitrogen and oxygen atoms in total. The highest BCUT2D eigenvalue weighted by molar-refractivity contribution is 6.03. The summed E-state index contributed by atoms with van der Waals surface area (Å²) >= 11 is 0. The van der Waals surface area contributed by atoms with Gasteiger partial charge in [0, 0.05) is 23.6 Å². The lowest BCUT2D eigenvalue weighted by Crippen LogP contribution is -2.34. The first-order valence-corrected chi connectivity index (χ1v) is 8.58. The summed E-state index contributed by atoms with van der Waals surface area (Å²) in [5.74, 6) is -2.11. The van der Waals surface area contributed by atoms with Crippen molar-refractivity contribution < 1.29 is 19.8 Å². The van der Waals surface area contributed by atoms with E-state index < -0.39 is 11.8 Å². The van der Waals surface area contributed by atoms with E-state index in [4.69, 9.17) is 0 Å². The number of aryl methyl sites for hydroxylation is 1. The number of carbonyl (C=O) groups is 2. The number of carbonyl (C=O) groups excluding carboxylic acids is 2. The second-order valence-corrected chi connectivity index (χ2v) is 6.57. The molecule has 1 heterocycles. The minimum absolute atomic E-state index is 0.0143. The maximum absolute atomic E-state index is 12.5. The Hall–Kier alpha value is -3.35. The highest BCUT2D eigenvalue weighted by Crippen LogP contribution is 2.31. The third-order valence-electron chi connectivity index (χ3n) is 4.83. The first kappa shape index (κ1) is 18.4. The van der Waals surface area contributed by atoms with E-state index in [-0.39, 0.29) is 23.3 Å². The Labute approximate surface area is 156 Å². The molecule has 1 saturated heterocycles. The van der Waals surface area contributed by atoms with Gasteiger partial charge in [-0.25, -0.2) is 5.43 Å². The Morgan fingerprint density at radius 1 is 1.26 bits per heavy atom. The van der Waals surface area contributed by atoms with Gasteiger partial charge >= 0.3 is 0 Å². The van der Waals surface area contributed by atoms with Crippen LogP contribution in [0.2, 0.25) is 0 Å². The van der Waals surface area contributed by atoms with Crippen molar-refractivity contribution in [2.75, 3.05) is 6.54 Å². The predicted octanol–water partition coefficient (Wildman–Crippen LogP) is 1.69. The molecule has 2 amide bonds. The van der Waals surface area contributed by atoms with Crippen molar-refractivity contribution in [1.29, 1.82) is 0 Å². The molecule has 1 fully saturated rings. The van der Waals surface area contributed by atoms with Gasteiger partial charge in [0.1, 0.15) is 17.4 Å². The van der Waals surface area contributed by atoms with Crippen LogP contribution >= 0.6 is 0 Å². The number of amides is 2. The summed E-state index contributed by atoms with van der Waals surface area (Å²) in [7, 11) is 0. The third kappa shape index (κ3) is 3.62. The molecular weight excluding hydrogens is 346 g/mol. The highest BCUT2D eigenvalue weighted by atomic mass is 16.3. The molecule has 1 aliphatic rings. The van der Waals surface area contributed by atoms with Gasteiger partial charge in [-0.15, -0.1) is 0 Å². The number of rotatable bonds is 4. The molecule has 4 N–H and O–H groups in total. The van der Waals surface area contributed by atoms with Gasteiger partial charge in [0.2, 0.25) is 5.91 Å². The zero-order valence-corrected chi connectivity index (χ0v) is 15.1. The van der Waals surface area contributed by atoms with Crippen LogP contribution in [-0.4, -0.2) is 34.8 Å². The standard InChI is InChI=1S/C20H21N3O4/c1-11-8-16(24)12(2)18(25)14(11)10-22-23-20(27)17-15(9-21-19(17)26)13-6-4-3-5-7-13/h3-8,10,15,17,24-25H,9H2,1-2H3,(H,21,26)(H,23,27)/b22-10+/t15-,17+/m1/s1. The molecule has 0 spiro atoms. The number of hydrazone groups is 1. The first-order chi connectivity index (χ1) is 12.9. The van der Waals surface area contributed by atoms with Gasteiger partial charge in [-0.3, -0.25) is 9.59 Å². The summed E-state index contributed by atoms with van der Waals surface area (Å²) in [6.45, 7) is 3.67. The maximum atomic E-state index is 12.5. The second-order valence-electron chi connectivity index (χ2n) is 6.57. The molecule has 2 aromatic carbocycles. The number of hydrogen-bond acceptors (Lipinski definition) is 5. The van der Waals surface area contributed by atoms with E-state index in [1.165, 1.54) is 12.3 Å². The lowest BCUT2D eigenvalue weighted by Gasteiger charge is -2.15. The van der Waals surface area contributed by atoms with E-state index in [2.05, 4.69) is 15.8 Å². The van der Waals surface area contributed by atoms with Crippen LogP contribution in [0.4, 0.5) is 0 Å². The van der Waals surface area contributed by atoms with Crippen molar-refractivity contribution in [1.82, 2.24) is 10.7 Å². The summed E-state index contributed by atoms with van der Waals surface area (Å²) in [5, 5.41) is 26.5. The molecule has 0 aliphatic carbocycles. The number of phenolic OH excluding ortho intramolecular Hbond substituents is 2. The number of nitrogens with one attached hydrogen (secondary N) is 2. The smallest absolute Gasteiger partial charge is 0.253 e. The van der Waals surface area contributed by atoms with Crippen LogP contribution in [-0.2, 0) is 9.59 Å². The molecule has 3 rings (SSSR count). The topological polar surface area (TPSA) is 111 Å². The Morgan fingerprint density at radius 3 is 2.67 bits per heavy atom. The fourth-order valence-electron chi connectivity index (χ4n) is 3.23. The average Bonchev–Trinajstić information content (AvgIpc) is 3.05. The second kappa shape index (κ2) is 7.49. The van der Waals surface area contributed by atoms with Crippen molar-refractivity contribution in [3.63, 3.8) is 0 Å². The van der Waals surface area contributed by atoms with E-state index in [1.54, 1.807) is 13.8 Å². The number of aromatic hydroxyl groups is 2. The summed E-state index contributed by atoms with van der Waals surface area (Å²) in [6.07, 6.45) is 1.30. The molecular formula is C20H21N3O4. The van der Waals surface area contributed by atoms with Gasteiger partial charge in [0.25, 0.3) is 5.91 Å². The van der Waals surface area contributed by atoms with Crippen molar-refractivity contribution in [2.24, 2.45) is 11.0 Å². The Morgan fingerprint density at radius 2 is 1.96 bits per heavy atom. The molecule has 27 heavy (non-hydrogen) atoms. The molecule has 0 radical (unpaired) electrons. The van der Waals surface area contributed by atoms with Crippen molar-refractivity contribution in [2.45, 2.75) is 19.8 Å². The van der Waals surface area contributed by atoms with E-state index >= 15 is 0 Å². The predicted molar refractivity (Wildman–Crippen MR) is 101 cm³/mol. The molecule has 2 aromatic rings. The minimum atomic E-state index is -0.874. The summed E-state index contributed by atoms with van der Waals surface area (Å²) < 4.78 is 0. The normalized spacial score (nSPS) is 19.3.